The summed E-state index contributed by atoms with van der Waals surface area (Å²) in [6.45, 7) is 0.840. The maximum Gasteiger partial charge on any atom is 0.226 e. The molecule has 2 aliphatic heterocycles. The molecule has 2 N–H and O–H groups in total. The number of aliphatic hydroxyl groups is 1. The summed E-state index contributed by atoms with van der Waals surface area (Å²) in [6, 6.07) is 16.0. The van der Waals surface area contributed by atoms with E-state index >= 15 is 0 Å². The minimum Gasteiger partial charge on any atom is -0.394 e. The van der Waals surface area contributed by atoms with Gasteiger partial charge in [0.25, 0.3) is 0 Å². The number of benzene rings is 2. The Bertz CT molecular complexity index is 959. The number of nitrogens with zero attached hydrogens (tertiary/aromatic N) is 2. The minimum absolute atomic E-state index is 0.0183. The normalized spacial score (nSPS) is 25.4. The molecule has 1 aliphatic carbocycles. The van der Waals surface area contributed by atoms with Crippen LogP contribution in [-0.4, -0.2) is 35.1 Å². The molecule has 1 saturated carbocycles. The Morgan fingerprint density at radius 1 is 1.14 bits per heavy atom. The number of aliphatic hydroxyl groups excluding tert-OH is 1. The standard InChI is InChI=1S/C23H23N3O2/c24-12-14-1-3-15(4-2-14)17-7-8-20-19(11-17)22-18(21(13-27)25-20)9-10-26(22)23(28)16-5-6-16/h1-4,7-8,11,16,18,21-22,25,27H,5-6,9-10,13H2/t18-,21-,22-/m0/s1. The lowest BCUT2D eigenvalue weighted by Gasteiger charge is -2.39. The van der Waals surface area contributed by atoms with Gasteiger partial charge in [-0.3, -0.25) is 4.79 Å². The van der Waals surface area contributed by atoms with Crippen LogP contribution >= 0.6 is 0 Å². The van der Waals surface area contributed by atoms with E-state index in [9.17, 15) is 9.90 Å². The predicted octanol–water partition coefficient (Wildman–Crippen LogP) is 3.31. The zero-order valence-electron chi connectivity index (χ0n) is 15.6. The van der Waals surface area contributed by atoms with Crippen molar-refractivity contribution in [3.05, 3.63) is 53.6 Å². The van der Waals surface area contributed by atoms with Gasteiger partial charge in [0.05, 0.1) is 30.3 Å². The Morgan fingerprint density at radius 2 is 1.89 bits per heavy atom. The van der Waals surface area contributed by atoms with Crippen molar-refractivity contribution >= 4 is 11.6 Å². The molecule has 1 amide bonds. The summed E-state index contributed by atoms with van der Waals surface area (Å²) in [5, 5.41) is 22.4. The summed E-state index contributed by atoms with van der Waals surface area (Å²) in [4.78, 5) is 15.0. The molecule has 0 radical (unpaired) electrons. The van der Waals surface area contributed by atoms with Gasteiger partial charge in [0.2, 0.25) is 5.91 Å². The van der Waals surface area contributed by atoms with Crippen LogP contribution in [0.3, 0.4) is 0 Å². The zero-order valence-corrected chi connectivity index (χ0v) is 15.6. The fourth-order valence-electron chi connectivity index (χ4n) is 4.79. The van der Waals surface area contributed by atoms with Crippen LogP contribution in [0.15, 0.2) is 42.5 Å². The van der Waals surface area contributed by atoms with Gasteiger partial charge in [-0.05, 0) is 60.2 Å². The van der Waals surface area contributed by atoms with Crippen LogP contribution in [-0.2, 0) is 4.79 Å². The van der Waals surface area contributed by atoms with Gasteiger partial charge in [-0.15, -0.1) is 0 Å². The van der Waals surface area contributed by atoms with Crippen LogP contribution in [0, 0.1) is 23.2 Å². The Labute approximate surface area is 164 Å². The van der Waals surface area contributed by atoms with E-state index in [4.69, 9.17) is 5.26 Å². The van der Waals surface area contributed by atoms with E-state index < -0.39 is 0 Å². The van der Waals surface area contributed by atoms with Crippen LogP contribution in [0.1, 0.15) is 36.4 Å². The third kappa shape index (κ3) is 2.76. The number of amides is 1. The quantitative estimate of drug-likeness (QED) is 0.865. The second kappa shape index (κ2) is 6.65. The highest BCUT2D eigenvalue weighted by Crippen LogP contribution is 2.49. The molecule has 3 aliphatic rings. The first-order valence-corrected chi connectivity index (χ1v) is 10.0. The Balaban J connectivity index is 1.55. The molecule has 2 fully saturated rings. The molecular formula is C23H23N3O2. The number of carbonyl (C=O) groups is 1. The number of fused-ring (bicyclic) bond motifs is 3. The molecule has 0 bridgehead atoms. The molecule has 5 nitrogen and oxygen atoms in total. The van der Waals surface area contributed by atoms with E-state index in [0.29, 0.717) is 5.56 Å². The highest BCUT2D eigenvalue weighted by atomic mass is 16.3. The summed E-state index contributed by atoms with van der Waals surface area (Å²) < 4.78 is 0. The topological polar surface area (TPSA) is 76.4 Å². The van der Waals surface area contributed by atoms with Crippen molar-refractivity contribution in [1.29, 1.82) is 5.26 Å². The Kier molecular flexibility index (Phi) is 4.10. The molecule has 2 aromatic carbocycles. The van der Waals surface area contributed by atoms with Gasteiger partial charge >= 0.3 is 0 Å². The van der Waals surface area contributed by atoms with Crippen LogP contribution in [0.5, 0.6) is 0 Å². The van der Waals surface area contributed by atoms with Gasteiger partial charge in [0.15, 0.2) is 0 Å². The fraction of sp³-hybridized carbons (Fsp3) is 0.391. The lowest BCUT2D eigenvalue weighted by molar-refractivity contribution is -0.134. The number of hydrogen-bond acceptors (Lipinski definition) is 4. The van der Waals surface area contributed by atoms with Crippen molar-refractivity contribution in [2.45, 2.75) is 31.3 Å². The Hall–Kier alpha value is -2.84. The van der Waals surface area contributed by atoms with Crippen LogP contribution in [0.25, 0.3) is 11.1 Å². The zero-order chi connectivity index (χ0) is 19.3. The second-order valence-electron chi connectivity index (χ2n) is 8.13. The van der Waals surface area contributed by atoms with E-state index in [1.54, 1.807) is 0 Å². The van der Waals surface area contributed by atoms with E-state index in [1.807, 2.05) is 24.3 Å². The molecular weight excluding hydrogens is 350 g/mol. The average Bonchev–Trinajstić information content (AvgIpc) is 3.50. The third-order valence-corrected chi connectivity index (χ3v) is 6.43. The van der Waals surface area contributed by atoms with E-state index in [-0.39, 0.29) is 36.4 Å². The van der Waals surface area contributed by atoms with Gasteiger partial charge in [-0.25, -0.2) is 0 Å². The molecule has 3 atom stereocenters. The van der Waals surface area contributed by atoms with Gasteiger partial charge in [0.1, 0.15) is 0 Å². The largest absolute Gasteiger partial charge is 0.394 e. The summed E-state index contributed by atoms with van der Waals surface area (Å²) in [6.07, 6.45) is 2.93. The molecule has 0 unspecified atom stereocenters. The molecule has 2 heterocycles. The number of rotatable bonds is 3. The van der Waals surface area contributed by atoms with Crippen molar-refractivity contribution < 1.29 is 9.90 Å². The molecule has 0 aromatic heterocycles. The fourth-order valence-corrected chi connectivity index (χ4v) is 4.79. The average molecular weight is 373 g/mol. The maximum atomic E-state index is 12.9. The van der Waals surface area contributed by atoms with Gasteiger partial charge < -0.3 is 15.3 Å². The van der Waals surface area contributed by atoms with Crippen molar-refractivity contribution in [3.63, 3.8) is 0 Å². The second-order valence-corrected chi connectivity index (χ2v) is 8.13. The minimum atomic E-state index is -0.0183. The number of nitrogens with one attached hydrogen (secondary N) is 1. The van der Waals surface area contributed by atoms with Crippen molar-refractivity contribution in [3.8, 4) is 17.2 Å². The SMILES string of the molecule is N#Cc1ccc(-c2ccc3c(c2)[C@@H]2[C@@H](CCN2C(=O)C2CC2)[C@H](CO)N3)cc1. The van der Waals surface area contributed by atoms with Gasteiger partial charge in [-0.2, -0.15) is 5.26 Å². The van der Waals surface area contributed by atoms with Crippen LogP contribution in [0.2, 0.25) is 0 Å². The highest BCUT2D eigenvalue weighted by molar-refractivity contribution is 5.83. The first kappa shape index (κ1) is 17.3. The lowest BCUT2D eigenvalue weighted by Crippen LogP contribution is -2.43. The smallest absolute Gasteiger partial charge is 0.226 e. The summed E-state index contributed by atoms with van der Waals surface area (Å²) >= 11 is 0. The predicted molar refractivity (Wildman–Crippen MR) is 106 cm³/mol. The summed E-state index contributed by atoms with van der Waals surface area (Å²) in [7, 11) is 0. The number of anilines is 1. The number of carbonyl (C=O) groups excluding carboxylic acids is 1. The van der Waals surface area contributed by atoms with Crippen molar-refractivity contribution in [1.82, 2.24) is 4.90 Å². The molecule has 0 spiro atoms. The number of hydrogen-bond donors (Lipinski definition) is 2. The Morgan fingerprint density at radius 3 is 2.57 bits per heavy atom. The van der Waals surface area contributed by atoms with E-state index in [2.05, 4.69) is 34.5 Å². The molecule has 28 heavy (non-hydrogen) atoms. The molecule has 142 valence electrons. The van der Waals surface area contributed by atoms with Crippen molar-refractivity contribution in [2.75, 3.05) is 18.5 Å². The van der Waals surface area contributed by atoms with Gasteiger partial charge in [-0.1, -0.05) is 18.2 Å². The third-order valence-electron chi connectivity index (χ3n) is 6.43. The maximum absolute atomic E-state index is 12.9. The molecule has 1 saturated heterocycles. The van der Waals surface area contributed by atoms with Crippen molar-refractivity contribution in [2.24, 2.45) is 11.8 Å². The van der Waals surface area contributed by atoms with E-state index in [1.165, 1.54) is 0 Å². The summed E-state index contributed by atoms with van der Waals surface area (Å²) in [5.41, 5.74) is 4.93. The first-order valence-electron chi connectivity index (χ1n) is 10.0. The number of nitriles is 1. The molecule has 2 aromatic rings. The first-order chi connectivity index (χ1) is 13.7. The van der Waals surface area contributed by atoms with Crippen LogP contribution in [0.4, 0.5) is 5.69 Å². The monoisotopic (exact) mass is 373 g/mol. The van der Waals surface area contributed by atoms with E-state index in [0.717, 1.165) is 48.2 Å². The van der Waals surface area contributed by atoms with Crippen LogP contribution < -0.4 is 5.32 Å². The highest BCUT2D eigenvalue weighted by Gasteiger charge is 2.48. The molecule has 5 rings (SSSR count). The summed E-state index contributed by atoms with van der Waals surface area (Å²) in [5.74, 6) is 0.712. The number of likely N-dealkylation sites (tertiary alicyclic amines) is 1. The van der Waals surface area contributed by atoms with Gasteiger partial charge in [0, 0.05) is 24.1 Å². The molecule has 5 heteroatoms. The lowest BCUT2D eigenvalue weighted by atomic mass is 9.82.